The van der Waals surface area contributed by atoms with Crippen LogP contribution in [0.25, 0.3) is 11.1 Å². The van der Waals surface area contributed by atoms with E-state index in [0.717, 1.165) is 11.1 Å². The summed E-state index contributed by atoms with van der Waals surface area (Å²) in [6.45, 7) is 3.70. The van der Waals surface area contributed by atoms with Gasteiger partial charge in [-0.3, -0.25) is 0 Å². The zero-order chi connectivity index (χ0) is 13.3. The Balaban J connectivity index is 2.73. The van der Waals surface area contributed by atoms with Gasteiger partial charge in [-0.2, -0.15) is 0 Å². The average molecular weight is 244 g/mol. The molecule has 0 fully saturated rings. The molecule has 0 atom stereocenters. The fraction of sp³-hybridized carbons (Fsp3) is 0.133. The predicted octanol–water partition coefficient (Wildman–Crippen LogP) is 3.81. The lowest BCUT2D eigenvalue weighted by atomic mass is 9.96. The van der Waals surface area contributed by atoms with E-state index in [1.54, 1.807) is 24.3 Å². The maximum absolute atomic E-state index is 13.8. The highest BCUT2D eigenvalue weighted by atomic mass is 19.1. The Bertz CT molecular complexity index is 618. The number of aryl methyl sites for hydroxylation is 2. The van der Waals surface area contributed by atoms with E-state index >= 15 is 0 Å². The third-order valence-corrected chi connectivity index (χ3v) is 2.82. The second-order valence-electron chi connectivity index (χ2n) is 4.34. The lowest BCUT2D eigenvalue weighted by Gasteiger charge is -2.09. The summed E-state index contributed by atoms with van der Waals surface area (Å²) in [5, 5.41) is 9.16. The normalized spacial score (nSPS) is 10.4. The van der Waals surface area contributed by atoms with Crippen LogP contribution >= 0.6 is 0 Å². The largest absolute Gasteiger partial charge is 0.478 e. The number of carboxylic acids is 1. The second-order valence-corrected chi connectivity index (χ2v) is 4.34. The number of carbonyl (C=O) groups is 1. The standard InChI is InChI=1S/C15H13FO2/c1-9-3-5-11(15(17)18)12(7-9)13-8-10(2)4-6-14(13)16/h3-8H,1-2H3,(H,17,18). The van der Waals surface area contributed by atoms with Crippen LogP contribution in [0, 0.1) is 19.7 Å². The summed E-state index contributed by atoms with van der Waals surface area (Å²) in [5.41, 5.74) is 2.66. The van der Waals surface area contributed by atoms with Gasteiger partial charge in [0.25, 0.3) is 0 Å². The summed E-state index contributed by atoms with van der Waals surface area (Å²) in [7, 11) is 0. The summed E-state index contributed by atoms with van der Waals surface area (Å²) < 4.78 is 13.8. The molecule has 2 aromatic carbocycles. The minimum absolute atomic E-state index is 0.116. The third kappa shape index (κ3) is 2.25. The minimum atomic E-state index is -1.05. The van der Waals surface area contributed by atoms with Gasteiger partial charge in [0, 0.05) is 5.56 Å². The summed E-state index contributed by atoms with van der Waals surface area (Å²) in [4.78, 5) is 11.2. The maximum Gasteiger partial charge on any atom is 0.336 e. The van der Waals surface area contributed by atoms with Gasteiger partial charge in [0.2, 0.25) is 0 Å². The van der Waals surface area contributed by atoms with Gasteiger partial charge < -0.3 is 5.11 Å². The van der Waals surface area contributed by atoms with Crippen molar-refractivity contribution in [2.75, 3.05) is 0 Å². The molecule has 0 aliphatic rings. The monoisotopic (exact) mass is 244 g/mol. The Morgan fingerprint density at radius 1 is 1.00 bits per heavy atom. The van der Waals surface area contributed by atoms with E-state index in [4.69, 9.17) is 5.11 Å². The summed E-state index contributed by atoms with van der Waals surface area (Å²) in [6, 6.07) is 9.60. The number of aromatic carboxylic acids is 1. The second kappa shape index (κ2) is 4.61. The molecular formula is C15H13FO2. The molecular weight excluding hydrogens is 231 g/mol. The first-order valence-corrected chi connectivity index (χ1v) is 5.59. The lowest BCUT2D eigenvalue weighted by Crippen LogP contribution is -2.01. The maximum atomic E-state index is 13.8. The van der Waals surface area contributed by atoms with Crippen LogP contribution in [0.1, 0.15) is 21.5 Å². The zero-order valence-corrected chi connectivity index (χ0v) is 10.2. The van der Waals surface area contributed by atoms with Gasteiger partial charge in [-0.25, -0.2) is 9.18 Å². The van der Waals surface area contributed by atoms with Crippen LogP contribution in [0.3, 0.4) is 0 Å². The summed E-state index contributed by atoms with van der Waals surface area (Å²) in [6.07, 6.45) is 0. The van der Waals surface area contributed by atoms with Gasteiger partial charge in [-0.15, -0.1) is 0 Å². The topological polar surface area (TPSA) is 37.3 Å². The molecule has 2 rings (SSSR count). The van der Waals surface area contributed by atoms with Crippen LogP contribution in [0.5, 0.6) is 0 Å². The first kappa shape index (κ1) is 12.3. The van der Waals surface area contributed by atoms with Crippen LogP contribution < -0.4 is 0 Å². The zero-order valence-electron chi connectivity index (χ0n) is 10.2. The van der Waals surface area contributed by atoms with Crippen LogP contribution in [-0.4, -0.2) is 11.1 Å². The molecule has 0 saturated heterocycles. The number of rotatable bonds is 2. The Hall–Kier alpha value is -2.16. The molecule has 0 saturated carbocycles. The molecule has 0 aromatic heterocycles. The molecule has 0 amide bonds. The van der Waals surface area contributed by atoms with Gasteiger partial charge in [0.1, 0.15) is 5.82 Å². The van der Waals surface area contributed by atoms with Crippen molar-refractivity contribution in [3.8, 4) is 11.1 Å². The smallest absolute Gasteiger partial charge is 0.336 e. The van der Waals surface area contributed by atoms with E-state index in [-0.39, 0.29) is 5.56 Å². The molecule has 3 heteroatoms. The molecule has 92 valence electrons. The van der Waals surface area contributed by atoms with Crippen molar-refractivity contribution in [1.82, 2.24) is 0 Å². The van der Waals surface area contributed by atoms with Crippen molar-refractivity contribution in [2.24, 2.45) is 0 Å². The Labute approximate surface area is 105 Å². The fourth-order valence-corrected chi connectivity index (χ4v) is 1.91. The number of hydrogen-bond donors (Lipinski definition) is 1. The number of benzene rings is 2. The van der Waals surface area contributed by atoms with Crippen molar-refractivity contribution in [2.45, 2.75) is 13.8 Å². The van der Waals surface area contributed by atoms with Crippen molar-refractivity contribution in [1.29, 1.82) is 0 Å². The SMILES string of the molecule is Cc1ccc(F)c(-c2cc(C)ccc2C(=O)O)c1. The van der Waals surface area contributed by atoms with E-state index in [2.05, 4.69) is 0 Å². The highest BCUT2D eigenvalue weighted by Crippen LogP contribution is 2.28. The van der Waals surface area contributed by atoms with Crippen LogP contribution in [0.2, 0.25) is 0 Å². The minimum Gasteiger partial charge on any atom is -0.478 e. The van der Waals surface area contributed by atoms with Gasteiger partial charge >= 0.3 is 5.97 Å². The van der Waals surface area contributed by atoms with Crippen LogP contribution in [0.15, 0.2) is 36.4 Å². The van der Waals surface area contributed by atoms with E-state index in [1.807, 2.05) is 13.8 Å². The molecule has 1 N–H and O–H groups in total. The molecule has 18 heavy (non-hydrogen) atoms. The summed E-state index contributed by atoms with van der Waals surface area (Å²) >= 11 is 0. The Kier molecular flexibility index (Phi) is 3.15. The Morgan fingerprint density at radius 3 is 2.17 bits per heavy atom. The van der Waals surface area contributed by atoms with E-state index in [0.29, 0.717) is 11.1 Å². The molecule has 0 unspecified atom stereocenters. The molecule has 0 radical (unpaired) electrons. The average Bonchev–Trinajstić information content (AvgIpc) is 2.31. The van der Waals surface area contributed by atoms with Crippen molar-refractivity contribution in [3.63, 3.8) is 0 Å². The summed E-state index contributed by atoms with van der Waals surface area (Å²) in [5.74, 6) is -1.46. The van der Waals surface area contributed by atoms with Crippen molar-refractivity contribution < 1.29 is 14.3 Å². The number of hydrogen-bond acceptors (Lipinski definition) is 1. The van der Waals surface area contributed by atoms with Gasteiger partial charge in [-0.1, -0.05) is 29.3 Å². The molecule has 0 bridgehead atoms. The molecule has 0 aliphatic carbocycles. The third-order valence-electron chi connectivity index (χ3n) is 2.82. The van der Waals surface area contributed by atoms with Gasteiger partial charge in [-0.05, 0) is 37.6 Å². The quantitative estimate of drug-likeness (QED) is 0.872. The van der Waals surface area contributed by atoms with Gasteiger partial charge in [0.15, 0.2) is 0 Å². The van der Waals surface area contributed by atoms with Crippen LogP contribution in [-0.2, 0) is 0 Å². The highest BCUT2D eigenvalue weighted by molar-refractivity contribution is 5.96. The fourth-order valence-electron chi connectivity index (χ4n) is 1.91. The van der Waals surface area contributed by atoms with E-state index in [1.165, 1.54) is 12.1 Å². The molecule has 2 aromatic rings. The molecule has 0 aliphatic heterocycles. The highest BCUT2D eigenvalue weighted by Gasteiger charge is 2.14. The van der Waals surface area contributed by atoms with Crippen molar-refractivity contribution >= 4 is 5.97 Å². The van der Waals surface area contributed by atoms with Crippen molar-refractivity contribution in [3.05, 3.63) is 58.9 Å². The van der Waals surface area contributed by atoms with E-state index in [9.17, 15) is 9.18 Å². The van der Waals surface area contributed by atoms with Gasteiger partial charge in [0.05, 0.1) is 5.56 Å². The van der Waals surface area contributed by atoms with Crippen LogP contribution in [0.4, 0.5) is 4.39 Å². The molecule has 2 nitrogen and oxygen atoms in total. The number of carboxylic acid groups (broad SMARTS) is 1. The van der Waals surface area contributed by atoms with E-state index < -0.39 is 11.8 Å². The first-order valence-electron chi connectivity index (χ1n) is 5.59. The predicted molar refractivity (Wildman–Crippen MR) is 68.3 cm³/mol. The molecule has 0 heterocycles. The first-order chi connectivity index (χ1) is 8.49. The molecule has 0 spiro atoms. The number of halogens is 1. The lowest BCUT2D eigenvalue weighted by molar-refractivity contribution is 0.0697. The Morgan fingerprint density at radius 2 is 1.56 bits per heavy atom.